The Balaban J connectivity index is 1.55. The molecule has 0 unspecified atom stereocenters. The quantitative estimate of drug-likeness (QED) is 0.664. The first-order chi connectivity index (χ1) is 15.3. The Kier molecular flexibility index (Phi) is 6.12. The fraction of sp³-hybridized carbons (Fsp3) is 0.500. The summed E-state index contributed by atoms with van der Waals surface area (Å²) in [5.41, 5.74) is 2.21. The van der Waals surface area contributed by atoms with Crippen LogP contribution in [0.4, 0.5) is 18.9 Å². The molecule has 1 saturated heterocycles. The molecule has 2 aromatic rings. The summed E-state index contributed by atoms with van der Waals surface area (Å²) >= 11 is 0. The van der Waals surface area contributed by atoms with E-state index in [0.29, 0.717) is 31.1 Å². The van der Waals surface area contributed by atoms with Crippen LogP contribution in [0.15, 0.2) is 30.9 Å². The van der Waals surface area contributed by atoms with Crippen molar-refractivity contribution in [2.45, 2.75) is 45.0 Å². The summed E-state index contributed by atoms with van der Waals surface area (Å²) < 4.78 is 51.3. The first-order valence-electron chi connectivity index (χ1n) is 10.6. The second-order valence-electron chi connectivity index (χ2n) is 7.92. The maximum atomic E-state index is 13.4. The minimum atomic E-state index is -4.56. The topological polar surface area (TPSA) is 63.6 Å². The van der Waals surface area contributed by atoms with Crippen LogP contribution < -0.4 is 14.4 Å². The average molecular weight is 449 g/mol. The van der Waals surface area contributed by atoms with Gasteiger partial charge in [0.1, 0.15) is 18.0 Å². The second kappa shape index (κ2) is 8.84. The van der Waals surface area contributed by atoms with E-state index in [0.717, 1.165) is 49.0 Å². The lowest BCUT2D eigenvalue weighted by atomic mass is 10.1. The number of nitrogens with zero attached hydrogens (tertiary/aromatic N) is 5. The molecule has 2 aliphatic heterocycles. The molecule has 1 fully saturated rings. The maximum Gasteiger partial charge on any atom is 0.421 e. The number of alkyl halides is 3. The van der Waals surface area contributed by atoms with Crippen molar-refractivity contribution in [2.75, 3.05) is 31.6 Å². The smallest absolute Gasteiger partial charge is 0.421 e. The van der Waals surface area contributed by atoms with Gasteiger partial charge >= 0.3 is 6.18 Å². The zero-order chi connectivity index (χ0) is 22.9. The summed E-state index contributed by atoms with van der Waals surface area (Å²) in [4.78, 5) is 16.6. The second-order valence-corrected chi connectivity index (χ2v) is 7.92. The lowest BCUT2D eigenvalue weighted by Crippen LogP contribution is -2.33. The van der Waals surface area contributed by atoms with Crippen LogP contribution in [0.3, 0.4) is 0 Å². The van der Waals surface area contributed by atoms with Crippen LogP contribution in [0.1, 0.15) is 36.6 Å². The Bertz CT molecular complexity index is 998. The lowest BCUT2D eigenvalue weighted by molar-refractivity contribution is -0.139. The summed E-state index contributed by atoms with van der Waals surface area (Å²) in [6.45, 7) is 8.65. The van der Waals surface area contributed by atoms with E-state index in [1.165, 1.54) is 19.6 Å². The predicted molar refractivity (Wildman–Crippen MR) is 113 cm³/mol. The van der Waals surface area contributed by atoms with Crippen LogP contribution >= 0.6 is 0 Å². The summed E-state index contributed by atoms with van der Waals surface area (Å²) in [5.74, 6) is 0.0525. The van der Waals surface area contributed by atoms with Crippen LogP contribution in [0.5, 0.6) is 11.8 Å². The van der Waals surface area contributed by atoms with Gasteiger partial charge in [0.15, 0.2) is 0 Å². The molecule has 4 heterocycles. The highest BCUT2D eigenvalue weighted by molar-refractivity contribution is 5.53. The number of ether oxygens (including phenoxy) is 2. The number of methoxy groups -OCH3 is 1. The molecule has 7 nitrogen and oxygen atoms in total. The molecular formula is C22H26F3N5O2. The number of rotatable bonds is 6. The van der Waals surface area contributed by atoms with Crippen molar-refractivity contribution in [1.29, 1.82) is 0 Å². The van der Waals surface area contributed by atoms with Gasteiger partial charge in [0, 0.05) is 31.6 Å². The third kappa shape index (κ3) is 4.44. The van der Waals surface area contributed by atoms with E-state index in [9.17, 15) is 13.2 Å². The third-order valence-electron chi connectivity index (χ3n) is 5.94. The molecule has 1 atom stereocenters. The Morgan fingerprint density at radius 2 is 2.03 bits per heavy atom. The molecule has 0 amide bonds. The van der Waals surface area contributed by atoms with Crippen LogP contribution in [-0.4, -0.2) is 52.7 Å². The number of aromatic nitrogens is 3. The van der Waals surface area contributed by atoms with Gasteiger partial charge in [0.2, 0.25) is 11.8 Å². The number of likely N-dealkylation sites (tertiary alicyclic amines) is 1. The Labute approximate surface area is 184 Å². The first-order valence-corrected chi connectivity index (χ1v) is 10.6. The number of anilines is 1. The number of hydrogen-bond donors (Lipinski definition) is 0. The number of allylic oxidation sites excluding steroid dienone is 1. The maximum absolute atomic E-state index is 13.4. The number of pyridine rings is 1. The molecule has 0 saturated carbocycles. The molecule has 172 valence electrons. The fourth-order valence-corrected chi connectivity index (χ4v) is 4.11. The molecule has 0 spiro atoms. The van der Waals surface area contributed by atoms with Gasteiger partial charge in [0.05, 0.1) is 43.3 Å². The van der Waals surface area contributed by atoms with E-state index < -0.39 is 17.6 Å². The van der Waals surface area contributed by atoms with Crippen molar-refractivity contribution >= 4 is 5.69 Å². The van der Waals surface area contributed by atoms with Crippen molar-refractivity contribution in [2.24, 2.45) is 0 Å². The third-order valence-corrected chi connectivity index (χ3v) is 5.94. The SMILES string of the molecule is C=C(CC)N1CC[C@H](Oc2ncnc3c2CN(c2cnc(OC)c(C(F)(F)F)c2)CC3)C1. The van der Waals surface area contributed by atoms with Gasteiger partial charge in [-0.1, -0.05) is 13.5 Å². The summed E-state index contributed by atoms with van der Waals surface area (Å²) in [6, 6.07) is 1.08. The molecule has 32 heavy (non-hydrogen) atoms. The first kappa shape index (κ1) is 22.2. The molecule has 0 N–H and O–H groups in total. The minimum Gasteiger partial charge on any atom is -0.481 e. The normalized spacial score (nSPS) is 18.5. The van der Waals surface area contributed by atoms with Gasteiger partial charge in [-0.3, -0.25) is 0 Å². The van der Waals surface area contributed by atoms with Gasteiger partial charge < -0.3 is 19.3 Å². The zero-order valence-electron chi connectivity index (χ0n) is 18.2. The van der Waals surface area contributed by atoms with Gasteiger partial charge in [-0.2, -0.15) is 13.2 Å². The Morgan fingerprint density at radius 1 is 1.22 bits per heavy atom. The van der Waals surface area contributed by atoms with Crippen molar-refractivity contribution < 1.29 is 22.6 Å². The summed E-state index contributed by atoms with van der Waals surface area (Å²) in [5, 5.41) is 0. The number of fused-ring (bicyclic) bond motifs is 1. The van der Waals surface area contributed by atoms with Gasteiger partial charge in [-0.15, -0.1) is 0 Å². The molecular weight excluding hydrogens is 423 g/mol. The van der Waals surface area contributed by atoms with Gasteiger partial charge in [-0.25, -0.2) is 15.0 Å². The van der Waals surface area contributed by atoms with E-state index in [1.54, 1.807) is 0 Å². The number of halogens is 3. The van der Waals surface area contributed by atoms with E-state index in [-0.39, 0.29) is 6.10 Å². The van der Waals surface area contributed by atoms with Crippen molar-refractivity contribution in [1.82, 2.24) is 19.9 Å². The van der Waals surface area contributed by atoms with Crippen molar-refractivity contribution in [3.8, 4) is 11.8 Å². The molecule has 4 rings (SSSR count). The molecule has 0 bridgehead atoms. The molecule has 2 aliphatic rings. The standard InChI is InChI=1S/C22H26F3N5O2/c1-4-14(2)29-7-5-16(11-29)32-20-17-12-30(8-6-19(17)27-13-28-20)15-9-18(22(23,24)25)21(31-3)26-10-15/h9-10,13,16H,2,4-8,11-12H2,1,3H3/t16-/m0/s1. The molecule has 0 aromatic carbocycles. The highest BCUT2D eigenvalue weighted by atomic mass is 19.4. The Morgan fingerprint density at radius 3 is 2.75 bits per heavy atom. The van der Waals surface area contributed by atoms with Crippen molar-refractivity contribution in [3.63, 3.8) is 0 Å². The zero-order valence-corrected chi connectivity index (χ0v) is 18.2. The molecule has 2 aromatic heterocycles. The molecule has 0 radical (unpaired) electrons. The summed E-state index contributed by atoms with van der Waals surface area (Å²) in [7, 11) is 1.18. The molecule has 10 heteroatoms. The fourth-order valence-electron chi connectivity index (χ4n) is 4.11. The number of hydrogen-bond acceptors (Lipinski definition) is 7. The van der Waals surface area contributed by atoms with Crippen molar-refractivity contribution in [3.05, 3.63) is 47.7 Å². The monoisotopic (exact) mass is 449 g/mol. The molecule has 0 aliphatic carbocycles. The highest BCUT2D eigenvalue weighted by Crippen LogP contribution is 2.38. The summed E-state index contributed by atoms with van der Waals surface area (Å²) in [6.07, 6.45) is 0.625. The van der Waals surface area contributed by atoms with Crippen LogP contribution in [0.25, 0.3) is 0 Å². The van der Waals surface area contributed by atoms with E-state index in [1.807, 2.05) is 4.90 Å². The largest absolute Gasteiger partial charge is 0.481 e. The van der Waals surface area contributed by atoms with Crippen LogP contribution in [0.2, 0.25) is 0 Å². The van der Waals surface area contributed by atoms with E-state index >= 15 is 0 Å². The minimum absolute atomic E-state index is 0.0211. The Hall–Kier alpha value is -3.04. The average Bonchev–Trinajstić information content (AvgIpc) is 3.26. The highest BCUT2D eigenvalue weighted by Gasteiger charge is 2.36. The van der Waals surface area contributed by atoms with Gasteiger partial charge in [-0.05, 0) is 12.5 Å². The van der Waals surface area contributed by atoms with E-state index in [4.69, 9.17) is 9.47 Å². The van der Waals surface area contributed by atoms with E-state index in [2.05, 4.69) is 33.4 Å². The predicted octanol–water partition coefficient (Wildman–Crippen LogP) is 3.84. The lowest BCUT2D eigenvalue weighted by Gasteiger charge is -2.31. The van der Waals surface area contributed by atoms with Crippen LogP contribution in [-0.2, 0) is 19.1 Å². The van der Waals surface area contributed by atoms with Crippen LogP contribution in [0, 0.1) is 0 Å². The van der Waals surface area contributed by atoms with Gasteiger partial charge in [0.25, 0.3) is 0 Å².